The molecule has 1 aliphatic heterocycles. The Bertz CT molecular complexity index is 336. The van der Waals surface area contributed by atoms with Gasteiger partial charge in [0.2, 0.25) is 0 Å². The summed E-state index contributed by atoms with van der Waals surface area (Å²) in [4.78, 5) is 0. The Kier molecular flexibility index (Phi) is 2.11. The molecule has 1 aromatic rings. The van der Waals surface area contributed by atoms with E-state index >= 15 is 0 Å². The zero-order chi connectivity index (χ0) is 9.42. The minimum atomic E-state index is -1.39. The highest BCUT2D eigenvalue weighted by molar-refractivity contribution is 6.59. The first kappa shape index (κ1) is 8.75. The maximum atomic E-state index is 9.17. The van der Waals surface area contributed by atoms with Crippen LogP contribution in [0.15, 0.2) is 12.1 Å². The standard InChI is InChI=1S/C9H11BO3/c1-6-2-3-7-4-13-5-8(7)9(6)10(11)12/h2-3,11-12H,4-5H2,1H3. The van der Waals surface area contributed by atoms with Gasteiger partial charge in [-0.3, -0.25) is 0 Å². The van der Waals surface area contributed by atoms with Gasteiger partial charge in [0.15, 0.2) is 0 Å². The van der Waals surface area contributed by atoms with Gasteiger partial charge in [0.1, 0.15) is 0 Å². The van der Waals surface area contributed by atoms with Gasteiger partial charge in [0.05, 0.1) is 13.2 Å². The molecule has 4 heteroatoms. The molecule has 0 saturated heterocycles. The molecule has 0 bridgehead atoms. The molecule has 3 nitrogen and oxygen atoms in total. The first-order valence-electron chi connectivity index (χ1n) is 4.25. The summed E-state index contributed by atoms with van der Waals surface area (Å²) < 4.78 is 5.24. The number of fused-ring (bicyclic) bond motifs is 1. The van der Waals surface area contributed by atoms with Crippen LogP contribution in [0.3, 0.4) is 0 Å². The number of hydrogen-bond acceptors (Lipinski definition) is 3. The van der Waals surface area contributed by atoms with Gasteiger partial charge in [-0.1, -0.05) is 17.7 Å². The second-order valence-electron chi connectivity index (χ2n) is 3.30. The van der Waals surface area contributed by atoms with Crippen LogP contribution in [0.2, 0.25) is 0 Å². The Morgan fingerprint density at radius 1 is 1.31 bits per heavy atom. The highest BCUT2D eigenvalue weighted by Crippen LogP contribution is 2.19. The van der Waals surface area contributed by atoms with Crippen LogP contribution in [0.4, 0.5) is 0 Å². The monoisotopic (exact) mass is 178 g/mol. The summed E-state index contributed by atoms with van der Waals surface area (Å²) in [6, 6.07) is 3.87. The lowest BCUT2D eigenvalue weighted by Crippen LogP contribution is -2.35. The van der Waals surface area contributed by atoms with Crippen molar-refractivity contribution in [1.29, 1.82) is 0 Å². The molecule has 0 aromatic heterocycles. The van der Waals surface area contributed by atoms with Crippen molar-refractivity contribution in [3.05, 3.63) is 28.8 Å². The molecule has 13 heavy (non-hydrogen) atoms. The van der Waals surface area contributed by atoms with Crippen LogP contribution in [0.25, 0.3) is 0 Å². The fraction of sp³-hybridized carbons (Fsp3) is 0.333. The molecule has 1 aromatic carbocycles. The molecule has 2 N–H and O–H groups in total. The molecule has 0 unspecified atom stereocenters. The van der Waals surface area contributed by atoms with E-state index in [1.54, 1.807) is 0 Å². The minimum absolute atomic E-state index is 0.490. The average Bonchev–Trinajstić information content (AvgIpc) is 2.50. The number of benzene rings is 1. The van der Waals surface area contributed by atoms with Crippen molar-refractivity contribution in [2.45, 2.75) is 20.1 Å². The minimum Gasteiger partial charge on any atom is -0.423 e. The average molecular weight is 178 g/mol. The van der Waals surface area contributed by atoms with E-state index in [0.29, 0.717) is 18.7 Å². The molecule has 0 fully saturated rings. The van der Waals surface area contributed by atoms with Gasteiger partial charge in [-0.2, -0.15) is 0 Å². The molecular weight excluding hydrogens is 167 g/mol. The summed E-state index contributed by atoms with van der Waals surface area (Å²) in [5.41, 5.74) is 3.51. The summed E-state index contributed by atoms with van der Waals surface area (Å²) in [5, 5.41) is 18.3. The van der Waals surface area contributed by atoms with E-state index in [1.165, 1.54) is 0 Å². The Balaban J connectivity index is 2.58. The van der Waals surface area contributed by atoms with Crippen LogP contribution in [0.1, 0.15) is 16.7 Å². The van der Waals surface area contributed by atoms with E-state index in [-0.39, 0.29) is 0 Å². The topological polar surface area (TPSA) is 49.7 Å². The number of hydrogen-bond donors (Lipinski definition) is 2. The van der Waals surface area contributed by atoms with Gasteiger partial charge in [0.25, 0.3) is 0 Å². The molecule has 0 aliphatic carbocycles. The van der Waals surface area contributed by atoms with Gasteiger partial charge < -0.3 is 14.8 Å². The largest absolute Gasteiger partial charge is 0.489 e. The van der Waals surface area contributed by atoms with Crippen LogP contribution in [0, 0.1) is 6.92 Å². The van der Waals surface area contributed by atoms with Crippen molar-refractivity contribution in [3.63, 3.8) is 0 Å². The van der Waals surface area contributed by atoms with Gasteiger partial charge in [-0.05, 0) is 23.5 Å². The lowest BCUT2D eigenvalue weighted by atomic mass is 9.73. The second-order valence-corrected chi connectivity index (χ2v) is 3.30. The zero-order valence-corrected chi connectivity index (χ0v) is 7.45. The summed E-state index contributed by atoms with van der Waals surface area (Å²) in [5.74, 6) is 0. The van der Waals surface area contributed by atoms with Gasteiger partial charge >= 0.3 is 7.12 Å². The normalized spacial score (nSPS) is 14.4. The van der Waals surface area contributed by atoms with Crippen molar-refractivity contribution in [1.82, 2.24) is 0 Å². The summed E-state index contributed by atoms with van der Waals surface area (Å²) >= 11 is 0. The van der Waals surface area contributed by atoms with Crippen molar-refractivity contribution in [3.8, 4) is 0 Å². The van der Waals surface area contributed by atoms with Gasteiger partial charge in [-0.25, -0.2) is 0 Å². The van der Waals surface area contributed by atoms with Crippen molar-refractivity contribution in [2.75, 3.05) is 0 Å². The smallest absolute Gasteiger partial charge is 0.423 e. The van der Waals surface area contributed by atoms with E-state index in [1.807, 2.05) is 19.1 Å². The SMILES string of the molecule is Cc1ccc2c(c1B(O)O)COC2. The molecule has 0 radical (unpaired) electrons. The van der Waals surface area contributed by atoms with E-state index in [4.69, 9.17) is 14.8 Å². The molecule has 0 spiro atoms. The first-order chi connectivity index (χ1) is 6.20. The highest BCUT2D eigenvalue weighted by atomic mass is 16.5. The highest BCUT2D eigenvalue weighted by Gasteiger charge is 2.23. The maximum absolute atomic E-state index is 9.17. The third-order valence-corrected chi connectivity index (χ3v) is 2.43. The van der Waals surface area contributed by atoms with Crippen molar-refractivity contribution >= 4 is 12.6 Å². The summed E-state index contributed by atoms with van der Waals surface area (Å²) in [7, 11) is -1.39. The summed E-state index contributed by atoms with van der Waals surface area (Å²) in [6.07, 6.45) is 0. The third kappa shape index (κ3) is 1.37. The van der Waals surface area contributed by atoms with E-state index < -0.39 is 7.12 Å². The predicted molar refractivity (Wildman–Crippen MR) is 49.5 cm³/mol. The van der Waals surface area contributed by atoms with Crippen molar-refractivity contribution in [2.24, 2.45) is 0 Å². The fourth-order valence-corrected chi connectivity index (χ4v) is 1.76. The van der Waals surface area contributed by atoms with Crippen LogP contribution in [0.5, 0.6) is 0 Å². The molecule has 68 valence electrons. The maximum Gasteiger partial charge on any atom is 0.489 e. The molecule has 1 aliphatic rings. The molecule has 0 amide bonds. The Morgan fingerprint density at radius 2 is 2.08 bits per heavy atom. The Hall–Kier alpha value is -0.835. The molecule has 1 heterocycles. The fourth-order valence-electron chi connectivity index (χ4n) is 1.76. The van der Waals surface area contributed by atoms with Crippen LogP contribution in [-0.4, -0.2) is 17.2 Å². The Labute approximate surface area is 77.1 Å². The van der Waals surface area contributed by atoms with E-state index in [9.17, 15) is 0 Å². The second kappa shape index (κ2) is 3.14. The molecule has 0 atom stereocenters. The molecule has 0 saturated carbocycles. The van der Waals surface area contributed by atoms with E-state index in [2.05, 4.69) is 0 Å². The molecule has 2 rings (SSSR count). The quantitative estimate of drug-likeness (QED) is 0.580. The first-order valence-corrected chi connectivity index (χ1v) is 4.25. The summed E-state index contributed by atoms with van der Waals surface area (Å²) in [6.45, 7) is 2.94. The van der Waals surface area contributed by atoms with Crippen LogP contribution < -0.4 is 5.46 Å². The lowest BCUT2D eigenvalue weighted by molar-refractivity contribution is 0.134. The predicted octanol–water partition coefficient (Wildman–Crippen LogP) is -0.295. The lowest BCUT2D eigenvalue weighted by Gasteiger charge is -2.09. The number of ether oxygens (including phenoxy) is 1. The number of aryl methyl sites for hydroxylation is 1. The third-order valence-electron chi connectivity index (χ3n) is 2.43. The zero-order valence-electron chi connectivity index (χ0n) is 7.45. The Morgan fingerprint density at radius 3 is 2.77 bits per heavy atom. The molecular formula is C9H11BO3. The van der Waals surface area contributed by atoms with Crippen LogP contribution >= 0.6 is 0 Å². The number of rotatable bonds is 1. The van der Waals surface area contributed by atoms with Gasteiger partial charge in [-0.15, -0.1) is 0 Å². The van der Waals surface area contributed by atoms with Crippen molar-refractivity contribution < 1.29 is 14.8 Å². The van der Waals surface area contributed by atoms with Crippen LogP contribution in [-0.2, 0) is 18.0 Å². The van der Waals surface area contributed by atoms with E-state index in [0.717, 1.165) is 16.7 Å². The van der Waals surface area contributed by atoms with Gasteiger partial charge in [0, 0.05) is 0 Å².